The zero-order chi connectivity index (χ0) is 22.7. The lowest BCUT2D eigenvalue weighted by molar-refractivity contribution is 0.415. The van der Waals surface area contributed by atoms with Gasteiger partial charge in [-0.25, -0.2) is 18.1 Å². The van der Waals surface area contributed by atoms with E-state index in [4.69, 9.17) is 15.9 Å². The second kappa shape index (κ2) is 9.07. The maximum atomic E-state index is 13.1. The van der Waals surface area contributed by atoms with Crippen LogP contribution in [0.1, 0.15) is 22.2 Å². The molecule has 0 aliphatic carbocycles. The van der Waals surface area contributed by atoms with Gasteiger partial charge in [-0.2, -0.15) is 0 Å². The molecule has 0 fully saturated rings. The highest BCUT2D eigenvalue weighted by atomic mass is 32.2. The van der Waals surface area contributed by atoms with E-state index in [2.05, 4.69) is 9.71 Å². The minimum absolute atomic E-state index is 0.0413. The first-order chi connectivity index (χ1) is 15.4. The van der Waals surface area contributed by atoms with Crippen molar-refractivity contribution in [1.29, 1.82) is 5.41 Å². The monoisotopic (exact) mass is 466 g/mol. The van der Waals surface area contributed by atoms with E-state index in [0.717, 1.165) is 15.8 Å². The predicted molar refractivity (Wildman–Crippen MR) is 127 cm³/mol. The number of sulfonamides is 1. The van der Waals surface area contributed by atoms with E-state index in [-0.39, 0.29) is 10.7 Å². The van der Waals surface area contributed by atoms with E-state index in [1.54, 1.807) is 55.6 Å². The lowest BCUT2D eigenvalue weighted by Gasteiger charge is -2.17. The number of rotatable bonds is 8. The van der Waals surface area contributed by atoms with E-state index >= 15 is 0 Å². The normalized spacial score (nSPS) is 12.5. The highest BCUT2D eigenvalue weighted by Gasteiger charge is 2.25. The van der Waals surface area contributed by atoms with Gasteiger partial charge in [0.15, 0.2) is 0 Å². The lowest BCUT2D eigenvalue weighted by Crippen LogP contribution is -2.30. The zero-order valence-corrected chi connectivity index (χ0v) is 18.9. The molecule has 4 N–H and O–H groups in total. The molecule has 164 valence electrons. The molecule has 7 nitrogen and oxygen atoms in total. The van der Waals surface area contributed by atoms with Crippen LogP contribution in [0.3, 0.4) is 0 Å². The van der Waals surface area contributed by atoms with Crippen molar-refractivity contribution in [3.63, 3.8) is 0 Å². The van der Waals surface area contributed by atoms with E-state index in [1.807, 2.05) is 24.3 Å². The minimum Gasteiger partial charge on any atom is -0.497 e. The van der Waals surface area contributed by atoms with E-state index in [9.17, 15) is 8.42 Å². The molecule has 0 amide bonds. The average molecular weight is 467 g/mol. The van der Waals surface area contributed by atoms with Gasteiger partial charge in [-0.3, -0.25) is 5.41 Å². The van der Waals surface area contributed by atoms with Crippen LogP contribution >= 0.6 is 11.3 Å². The number of nitrogens with two attached hydrogens (primary N) is 1. The molecule has 0 aliphatic heterocycles. The second-order valence-corrected chi connectivity index (χ2v) is 9.97. The molecule has 1 heterocycles. The molecule has 4 aromatic rings. The van der Waals surface area contributed by atoms with Gasteiger partial charge >= 0.3 is 0 Å². The van der Waals surface area contributed by atoms with Crippen LogP contribution in [0.15, 0.2) is 77.7 Å². The summed E-state index contributed by atoms with van der Waals surface area (Å²) in [6.07, 6.45) is 0.351. The number of hydrogen-bond acceptors (Lipinski definition) is 6. The Bertz CT molecular complexity index is 1370. The number of aromatic nitrogens is 1. The summed E-state index contributed by atoms with van der Waals surface area (Å²) in [6.45, 7) is 0. The van der Waals surface area contributed by atoms with Gasteiger partial charge in [-0.1, -0.05) is 36.4 Å². The number of methoxy groups -OCH3 is 1. The molecule has 0 saturated heterocycles. The molecule has 0 spiro atoms. The van der Waals surface area contributed by atoms with Gasteiger partial charge in [0, 0.05) is 5.56 Å². The first-order valence-electron chi connectivity index (χ1n) is 9.81. The molecule has 1 atom stereocenters. The third-order valence-corrected chi connectivity index (χ3v) is 7.56. The van der Waals surface area contributed by atoms with Gasteiger partial charge in [0.25, 0.3) is 0 Å². The van der Waals surface area contributed by atoms with Crippen molar-refractivity contribution < 1.29 is 13.2 Å². The number of amidine groups is 1. The number of ether oxygens (including phenoxy) is 1. The van der Waals surface area contributed by atoms with E-state index < -0.39 is 16.1 Å². The van der Waals surface area contributed by atoms with Crippen LogP contribution in [-0.2, 0) is 16.4 Å². The number of nitrogen functional groups attached to an aromatic ring is 1. The summed E-state index contributed by atoms with van der Waals surface area (Å²) in [6, 6.07) is 20.4. The highest BCUT2D eigenvalue weighted by molar-refractivity contribution is 7.89. The third kappa shape index (κ3) is 4.80. The van der Waals surface area contributed by atoms with Gasteiger partial charge in [-0.05, 0) is 48.4 Å². The fourth-order valence-electron chi connectivity index (χ4n) is 3.33. The van der Waals surface area contributed by atoms with Crippen molar-refractivity contribution in [2.24, 2.45) is 5.73 Å². The minimum atomic E-state index is -3.78. The van der Waals surface area contributed by atoms with Crippen LogP contribution in [0.25, 0.3) is 10.2 Å². The van der Waals surface area contributed by atoms with Crippen LogP contribution in [0, 0.1) is 5.41 Å². The van der Waals surface area contributed by atoms with Gasteiger partial charge in [-0.15, -0.1) is 11.3 Å². The van der Waals surface area contributed by atoms with Crippen LogP contribution in [-0.4, -0.2) is 26.3 Å². The molecule has 0 radical (unpaired) electrons. The number of hydrogen-bond donors (Lipinski definition) is 3. The summed E-state index contributed by atoms with van der Waals surface area (Å²) in [7, 11) is -2.18. The molecule has 0 saturated carbocycles. The van der Waals surface area contributed by atoms with Crippen LogP contribution in [0.2, 0.25) is 0 Å². The van der Waals surface area contributed by atoms with Crippen molar-refractivity contribution in [1.82, 2.24) is 9.71 Å². The molecule has 1 aromatic heterocycles. The first-order valence-corrected chi connectivity index (χ1v) is 12.1. The molecular weight excluding hydrogens is 444 g/mol. The van der Waals surface area contributed by atoms with Gasteiger partial charge in [0.2, 0.25) is 10.0 Å². The summed E-state index contributed by atoms with van der Waals surface area (Å²) >= 11 is 1.42. The standard InChI is InChI=1S/C23H22N4O3S2/c1-30-17-10-11-19-21(14-17)31-23(26-19)20(13-15-6-5-7-16(12-15)22(24)25)27-32(28,29)18-8-3-2-4-9-18/h2-12,14,20,27H,13H2,1H3,(H3,24,25). The zero-order valence-electron chi connectivity index (χ0n) is 17.3. The fourth-order valence-corrected chi connectivity index (χ4v) is 5.68. The molecule has 0 bridgehead atoms. The maximum Gasteiger partial charge on any atom is 0.241 e. The quantitative estimate of drug-likeness (QED) is 0.269. The van der Waals surface area contributed by atoms with Crippen molar-refractivity contribution in [2.45, 2.75) is 17.4 Å². The Morgan fingerprint density at radius 2 is 1.91 bits per heavy atom. The highest BCUT2D eigenvalue weighted by Crippen LogP contribution is 2.32. The maximum absolute atomic E-state index is 13.1. The summed E-state index contributed by atoms with van der Waals surface area (Å²) in [4.78, 5) is 4.87. The van der Waals surface area contributed by atoms with E-state index in [1.165, 1.54) is 11.3 Å². The topological polar surface area (TPSA) is 118 Å². The Kier molecular flexibility index (Phi) is 6.22. The van der Waals surface area contributed by atoms with Crippen LogP contribution < -0.4 is 15.2 Å². The molecule has 1 unspecified atom stereocenters. The molecule has 32 heavy (non-hydrogen) atoms. The smallest absolute Gasteiger partial charge is 0.241 e. The van der Waals surface area contributed by atoms with Crippen molar-refractivity contribution in [2.75, 3.05) is 7.11 Å². The van der Waals surface area contributed by atoms with Crippen molar-refractivity contribution in [3.05, 3.63) is 88.9 Å². The van der Waals surface area contributed by atoms with E-state index in [0.29, 0.717) is 22.7 Å². The predicted octanol–water partition coefficient (Wildman–Crippen LogP) is 3.85. The third-order valence-electron chi connectivity index (χ3n) is 4.94. The van der Waals surface area contributed by atoms with Crippen molar-refractivity contribution in [3.8, 4) is 5.75 Å². The second-order valence-electron chi connectivity index (χ2n) is 7.19. The average Bonchev–Trinajstić information content (AvgIpc) is 3.22. The molecule has 4 rings (SSSR count). The Balaban J connectivity index is 1.74. The summed E-state index contributed by atoms with van der Waals surface area (Å²) < 4.78 is 35.2. The Morgan fingerprint density at radius 1 is 1.12 bits per heavy atom. The lowest BCUT2D eigenvalue weighted by atomic mass is 10.0. The van der Waals surface area contributed by atoms with Crippen molar-refractivity contribution >= 4 is 37.4 Å². The number of nitrogens with one attached hydrogen (secondary N) is 2. The SMILES string of the molecule is COc1ccc2nc(C(Cc3cccc(C(=N)N)c3)NS(=O)(=O)c3ccccc3)sc2c1. The van der Waals surface area contributed by atoms with Crippen LogP contribution in [0.5, 0.6) is 5.75 Å². The largest absolute Gasteiger partial charge is 0.497 e. The number of fused-ring (bicyclic) bond motifs is 1. The van der Waals surface area contributed by atoms with Gasteiger partial charge in [0.05, 0.1) is 28.3 Å². The number of thiazole rings is 1. The van der Waals surface area contributed by atoms with Gasteiger partial charge in [0.1, 0.15) is 16.6 Å². The molecular formula is C23H22N4O3S2. The Labute approximate surface area is 190 Å². The summed E-state index contributed by atoms with van der Waals surface area (Å²) in [5.74, 6) is 0.670. The molecule has 9 heteroatoms. The summed E-state index contributed by atoms with van der Waals surface area (Å²) in [5.41, 5.74) is 7.83. The Morgan fingerprint density at radius 3 is 2.62 bits per heavy atom. The number of nitrogens with zero attached hydrogens (tertiary/aromatic N) is 1. The fraction of sp³-hybridized carbons (Fsp3) is 0.130. The number of benzene rings is 3. The van der Waals surface area contributed by atoms with Gasteiger partial charge < -0.3 is 10.5 Å². The Hall–Kier alpha value is -3.27. The summed E-state index contributed by atoms with van der Waals surface area (Å²) in [5, 5.41) is 8.33. The molecule has 0 aliphatic rings. The van der Waals surface area contributed by atoms with Crippen LogP contribution in [0.4, 0.5) is 0 Å². The first kappa shape index (κ1) is 21.9. The molecule has 3 aromatic carbocycles.